The fraction of sp³-hybridized carbons (Fsp3) is 0.684. The van der Waals surface area contributed by atoms with Crippen LogP contribution in [0.25, 0.3) is 0 Å². The van der Waals surface area contributed by atoms with E-state index >= 15 is 0 Å². The molecule has 132 valence electrons. The van der Waals surface area contributed by atoms with Gasteiger partial charge in [0.1, 0.15) is 0 Å². The monoisotopic (exact) mass is 322 g/mol. The lowest BCUT2D eigenvalue weighted by Crippen LogP contribution is -2.44. The fourth-order valence-electron chi connectivity index (χ4n) is 3.03. The molecule has 0 heterocycles. The van der Waals surface area contributed by atoms with Crippen molar-refractivity contribution in [2.45, 2.75) is 45.7 Å². The summed E-state index contributed by atoms with van der Waals surface area (Å²) in [6.07, 6.45) is 2.16. The first kappa shape index (κ1) is 19.8. The SMILES string of the molecule is COc1ccc(CC(C)NC(CC(C)C)CN(C)C)cc1OC. The second kappa shape index (κ2) is 9.78. The maximum absolute atomic E-state index is 5.39. The van der Waals surface area contributed by atoms with Gasteiger partial charge in [-0.15, -0.1) is 0 Å². The molecule has 0 fully saturated rings. The Balaban J connectivity index is 2.67. The predicted molar refractivity (Wildman–Crippen MR) is 97.6 cm³/mol. The van der Waals surface area contributed by atoms with E-state index < -0.39 is 0 Å². The van der Waals surface area contributed by atoms with Gasteiger partial charge in [-0.3, -0.25) is 0 Å². The molecular formula is C19H34N2O2. The minimum atomic E-state index is 0.414. The highest BCUT2D eigenvalue weighted by Crippen LogP contribution is 2.28. The van der Waals surface area contributed by atoms with E-state index in [9.17, 15) is 0 Å². The molecule has 0 bridgehead atoms. The van der Waals surface area contributed by atoms with Gasteiger partial charge in [-0.2, -0.15) is 0 Å². The van der Waals surface area contributed by atoms with Crippen LogP contribution in [0.5, 0.6) is 11.5 Å². The molecule has 0 aromatic heterocycles. The van der Waals surface area contributed by atoms with Crippen LogP contribution in [0.2, 0.25) is 0 Å². The summed E-state index contributed by atoms with van der Waals surface area (Å²) < 4.78 is 10.7. The smallest absolute Gasteiger partial charge is 0.160 e. The summed E-state index contributed by atoms with van der Waals surface area (Å²) in [7, 11) is 7.61. The maximum Gasteiger partial charge on any atom is 0.160 e. The van der Waals surface area contributed by atoms with Gasteiger partial charge in [0.05, 0.1) is 14.2 Å². The van der Waals surface area contributed by atoms with E-state index in [0.717, 1.165) is 24.5 Å². The van der Waals surface area contributed by atoms with Crippen molar-refractivity contribution in [1.82, 2.24) is 10.2 Å². The number of methoxy groups -OCH3 is 2. The lowest BCUT2D eigenvalue weighted by molar-refractivity contribution is 0.289. The molecule has 2 atom stereocenters. The number of nitrogens with one attached hydrogen (secondary N) is 1. The van der Waals surface area contributed by atoms with Crippen molar-refractivity contribution in [2.75, 3.05) is 34.9 Å². The van der Waals surface area contributed by atoms with Crippen LogP contribution in [0.15, 0.2) is 18.2 Å². The molecule has 4 nitrogen and oxygen atoms in total. The van der Waals surface area contributed by atoms with Gasteiger partial charge in [0.15, 0.2) is 11.5 Å². The Labute approximate surface area is 142 Å². The van der Waals surface area contributed by atoms with Crippen molar-refractivity contribution in [3.63, 3.8) is 0 Å². The van der Waals surface area contributed by atoms with Crippen molar-refractivity contribution in [1.29, 1.82) is 0 Å². The van der Waals surface area contributed by atoms with Crippen LogP contribution in [-0.4, -0.2) is 51.8 Å². The molecule has 0 saturated carbocycles. The van der Waals surface area contributed by atoms with E-state index in [0.29, 0.717) is 18.0 Å². The highest BCUT2D eigenvalue weighted by atomic mass is 16.5. The first-order valence-corrected chi connectivity index (χ1v) is 8.47. The van der Waals surface area contributed by atoms with Crippen LogP contribution < -0.4 is 14.8 Å². The minimum Gasteiger partial charge on any atom is -0.493 e. The van der Waals surface area contributed by atoms with E-state index in [-0.39, 0.29) is 0 Å². The molecule has 0 aliphatic carbocycles. The van der Waals surface area contributed by atoms with Crippen LogP contribution >= 0.6 is 0 Å². The number of benzene rings is 1. The Hall–Kier alpha value is -1.26. The molecule has 2 unspecified atom stereocenters. The third kappa shape index (κ3) is 7.23. The topological polar surface area (TPSA) is 33.7 Å². The Morgan fingerprint density at radius 1 is 1.04 bits per heavy atom. The van der Waals surface area contributed by atoms with Crippen LogP contribution in [0.3, 0.4) is 0 Å². The Kier molecular flexibility index (Phi) is 8.42. The van der Waals surface area contributed by atoms with Gasteiger partial charge in [0, 0.05) is 18.6 Å². The first-order valence-electron chi connectivity index (χ1n) is 8.47. The second-order valence-corrected chi connectivity index (χ2v) is 7.05. The number of rotatable bonds is 10. The first-order chi connectivity index (χ1) is 10.8. The quantitative estimate of drug-likeness (QED) is 0.717. The van der Waals surface area contributed by atoms with E-state index in [2.05, 4.69) is 57.2 Å². The van der Waals surface area contributed by atoms with E-state index in [1.807, 2.05) is 6.07 Å². The molecule has 23 heavy (non-hydrogen) atoms. The summed E-state index contributed by atoms with van der Waals surface area (Å²) in [5.74, 6) is 2.27. The molecule has 1 N–H and O–H groups in total. The van der Waals surface area contributed by atoms with Crippen LogP contribution in [0, 0.1) is 5.92 Å². The molecule has 0 radical (unpaired) electrons. The summed E-state index contributed by atoms with van der Waals surface area (Å²) >= 11 is 0. The van der Waals surface area contributed by atoms with Crippen LogP contribution in [-0.2, 0) is 6.42 Å². The van der Waals surface area contributed by atoms with Crippen molar-refractivity contribution >= 4 is 0 Å². The summed E-state index contributed by atoms with van der Waals surface area (Å²) in [5.41, 5.74) is 1.26. The molecule has 4 heteroatoms. The highest BCUT2D eigenvalue weighted by molar-refractivity contribution is 5.43. The molecule has 1 rings (SSSR count). The van der Waals surface area contributed by atoms with Crippen molar-refractivity contribution in [3.8, 4) is 11.5 Å². The summed E-state index contributed by atoms with van der Waals surface area (Å²) in [6, 6.07) is 7.09. The number of hydrogen-bond donors (Lipinski definition) is 1. The molecule has 0 saturated heterocycles. The zero-order chi connectivity index (χ0) is 17.4. The molecule has 0 spiro atoms. The average Bonchev–Trinajstić information content (AvgIpc) is 2.45. The average molecular weight is 322 g/mol. The molecule has 1 aromatic carbocycles. The van der Waals surface area contributed by atoms with Gasteiger partial charge >= 0.3 is 0 Å². The Bertz CT molecular complexity index is 451. The summed E-state index contributed by atoms with van der Waals surface area (Å²) in [6.45, 7) is 7.88. The second-order valence-electron chi connectivity index (χ2n) is 7.05. The summed E-state index contributed by atoms with van der Waals surface area (Å²) in [5, 5.41) is 3.78. The number of hydrogen-bond acceptors (Lipinski definition) is 4. The van der Waals surface area contributed by atoms with Crippen molar-refractivity contribution in [3.05, 3.63) is 23.8 Å². The normalized spacial score (nSPS) is 14.1. The van der Waals surface area contributed by atoms with E-state index in [4.69, 9.17) is 9.47 Å². The molecule has 0 aliphatic heterocycles. The zero-order valence-corrected chi connectivity index (χ0v) is 15.8. The predicted octanol–water partition coefficient (Wildman–Crippen LogP) is 3.20. The Morgan fingerprint density at radius 2 is 1.70 bits per heavy atom. The van der Waals surface area contributed by atoms with Gasteiger partial charge in [-0.05, 0) is 57.5 Å². The number of ether oxygens (including phenoxy) is 2. The molecule has 0 amide bonds. The third-order valence-corrected chi connectivity index (χ3v) is 3.85. The molecule has 1 aromatic rings. The van der Waals surface area contributed by atoms with E-state index in [1.54, 1.807) is 14.2 Å². The molecular weight excluding hydrogens is 288 g/mol. The van der Waals surface area contributed by atoms with Gasteiger partial charge in [0.2, 0.25) is 0 Å². The fourth-order valence-corrected chi connectivity index (χ4v) is 3.03. The Morgan fingerprint density at radius 3 is 2.22 bits per heavy atom. The zero-order valence-electron chi connectivity index (χ0n) is 15.8. The van der Waals surface area contributed by atoms with Gasteiger partial charge < -0.3 is 19.7 Å². The van der Waals surface area contributed by atoms with Crippen LogP contribution in [0.4, 0.5) is 0 Å². The number of nitrogens with zero attached hydrogens (tertiary/aromatic N) is 1. The van der Waals surface area contributed by atoms with E-state index in [1.165, 1.54) is 12.0 Å². The van der Waals surface area contributed by atoms with Crippen molar-refractivity contribution in [2.24, 2.45) is 5.92 Å². The lowest BCUT2D eigenvalue weighted by atomic mass is 10.0. The maximum atomic E-state index is 5.39. The van der Waals surface area contributed by atoms with Crippen molar-refractivity contribution < 1.29 is 9.47 Å². The number of likely N-dealkylation sites (N-methyl/N-ethyl adjacent to an activating group) is 1. The summed E-state index contributed by atoms with van der Waals surface area (Å²) in [4.78, 5) is 2.25. The lowest BCUT2D eigenvalue weighted by Gasteiger charge is -2.27. The van der Waals surface area contributed by atoms with Gasteiger partial charge in [0.25, 0.3) is 0 Å². The third-order valence-electron chi connectivity index (χ3n) is 3.85. The van der Waals surface area contributed by atoms with Gasteiger partial charge in [-0.1, -0.05) is 19.9 Å². The molecule has 0 aliphatic rings. The largest absolute Gasteiger partial charge is 0.493 e. The van der Waals surface area contributed by atoms with Gasteiger partial charge in [-0.25, -0.2) is 0 Å². The minimum absolute atomic E-state index is 0.414. The van der Waals surface area contributed by atoms with Crippen LogP contribution in [0.1, 0.15) is 32.8 Å². The standard InChI is InChI=1S/C19H34N2O2/c1-14(2)10-17(13-21(4)5)20-15(3)11-16-8-9-18(22-6)19(12-16)23-7/h8-9,12,14-15,17,20H,10-11,13H2,1-7H3. The highest BCUT2D eigenvalue weighted by Gasteiger charge is 2.15.